The van der Waals surface area contributed by atoms with Crippen molar-refractivity contribution in [3.05, 3.63) is 65.7 Å². The fraction of sp³-hybridized carbons (Fsp3) is 0.400. The van der Waals surface area contributed by atoms with Crippen LogP contribution in [0, 0.1) is 0 Å². The summed E-state index contributed by atoms with van der Waals surface area (Å²) in [6.07, 6.45) is -5.03. The monoisotopic (exact) mass is 364 g/mol. The average molecular weight is 364 g/mol. The summed E-state index contributed by atoms with van der Waals surface area (Å²) in [6, 6.07) is 16.1. The zero-order valence-electron chi connectivity index (χ0n) is 14.5. The summed E-state index contributed by atoms with van der Waals surface area (Å²) in [7, 11) is 0. The Hall–Kier alpha value is -2.05. The molecule has 0 aromatic heterocycles. The van der Waals surface area contributed by atoms with Gasteiger partial charge >= 0.3 is 6.18 Å². The molecule has 0 bridgehead atoms. The molecule has 1 atom stereocenters. The highest BCUT2D eigenvalue weighted by Crippen LogP contribution is 2.34. The number of benzene rings is 2. The molecule has 1 aliphatic rings. The molecular weight excluding hydrogens is 341 g/mol. The lowest BCUT2D eigenvalue weighted by molar-refractivity contribution is -0.148. The predicted octanol–water partition coefficient (Wildman–Crippen LogP) is 4.16. The molecule has 1 heterocycles. The van der Waals surface area contributed by atoms with Gasteiger partial charge in [-0.05, 0) is 23.3 Å². The lowest BCUT2D eigenvalue weighted by Crippen LogP contribution is -2.46. The van der Waals surface area contributed by atoms with E-state index in [1.807, 2.05) is 35.2 Å². The first kappa shape index (κ1) is 18.7. The Morgan fingerprint density at radius 2 is 1.62 bits per heavy atom. The quantitative estimate of drug-likeness (QED) is 0.833. The standard InChI is InChI=1S/C20H23F3N2O/c21-20(22,23)14-19(25-12-10-24-11-13-25)17-6-8-18(9-7-17)26-15-16-4-2-1-3-5-16/h1-9,19,24H,10-15H2/t19-/m1/s1. The molecule has 140 valence electrons. The van der Waals surface area contributed by atoms with Crippen LogP contribution in [0.25, 0.3) is 0 Å². The normalized spacial score (nSPS) is 17.0. The van der Waals surface area contributed by atoms with E-state index in [0.29, 0.717) is 44.1 Å². The van der Waals surface area contributed by atoms with Crippen LogP contribution in [0.2, 0.25) is 0 Å². The average Bonchev–Trinajstić information content (AvgIpc) is 2.66. The van der Waals surface area contributed by atoms with Crippen molar-refractivity contribution in [2.24, 2.45) is 0 Å². The summed E-state index contributed by atoms with van der Waals surface area (Å²) < 4.78 is 44.9. The Bertz CT molecular complexity index is 668. The highest BCUT2D eigenvalue weighted by atomic mass is 19.4. The van der Waals surface area contributed by atoms with Crippen LogP contribution in [0.1, 0.15) is 23.6 Å². The molecule has 3 rings (SSSR count). The van der Waals surface area contributed by atoms with Crippen molar-refractivity contribution in [2.45, 2.75) is 25.2 Å². The van der Waals surface area contributed by atoms with Crippen molar-refractivity contribution in [1.82, 2.24) is 10.2 Å². The third-order valence-electron chi connectivity index (χ3n) is 4.53. The molecule has 2 aromatic rings. The Morgan fingerprint density at radius 1 is 0.962 bits per heavy atom. The summed E-state index contributed by atoms with van der Waals surface area (Å²) in [4.78, 5) is 1.91. The van der Waals surface area contributed by atoms with Gasteiger partial charge in [-0.25, -0.2) is 0 Å². The number of nitrogens with zero attached hydrogens (tertiary/aromatic N) is 1. The Kier molecular flexibility index (Phi) is 6.16. The van der Waals surface area contributed by atoms with Crippen molar-refractivity contribution in [3.63, 3.8) is 0 Å². The molecule has 0 spiro atoms. The van der Waals surface area contributed by atoms with E-state index in [-0.39, 0.29) is 0 Å². The highest BCUT2D eigenvalue weighted by Gasteiger charge is 2.35. The molecule has 3 nitrogen and oxygen atoms in total. The maximum atomic E-state index is 13.1. The van der Waals surface area contributed by atoms with Gasteiger partial charge in [0.15, 0.2) is 0 Å². The minimum Gasteiger partial charge on any atom is -0.489 e. The lowest BCUT2D eigenvalue weighted by Gasteiger charge is -2.35. The first-order valence-electron chi connectivity index (χ1n) is 8.79. The van der Waals surface area contributed by atoms with Gasteiger partial charge in [-0.1, -0.05) is 42.5 Å². The summed E-state index contributed by atoms with van der Waals surface area (Å²) in [5, 5.41) is 3.18. The van der Waals surface area contributed by atoms with Gasteiger partial charge in [-0.2, -0.15) is 13.2 Å². The Morgan fingerprint density at radius 3 is 2.23 bits per heavy atom. The zero-order chi connectivity index (χ0) is 18.4. The van der Waals surface area contributed by atoms with E-state index < -0.39 is 18.6 Å². The number of hydrogen-bond acceptors (Lipinski definition) is 3. The van der Waals surface area contributed by atoms with Crippen LogP contribution >= 0.6 is 0 Å². The second kappa shape index (κ2) is 8.56. The molecule has 1 aliphatic heterocycles. The Labute approximate surface area is 151 Å². The van der Waals surface area contributed by atoms with E-state index in [2.05, 4.69) is 5.32 Å². The molecule has 1 saturated heterocycles. The number of hydrogen-bond donors (Lipinski definition) is 1. The smallest absolute Gasteiger partial charge is 0.390 e. The third-order valence-corrected chi connectivity index (χ3v) is 4.53. The van der Waals surface area contributed by atoms with Crippen LogP contribution < -0.4 is 10.1 Å². The van der Waals surface area contributed by atoms with Gasteiger partial charge in [0.2, 0.25) is 0 Å². The van der Waals surface area contributed by atoms with Gasteiger partial charge in [0.25, 0.3) is 0 Å². The topological polar surface area (TPSA) is 24.5 Å². The largest absolute Gasteiger partial charge is 0.489 e. The van der Waals surface area contributed by atoms with Crippen LogP contribution in [0.5, 0.6) is 5.75 Å². The molecule has 1 N–H and O–H groups in total. The van der Waals surface area contributed by atoms with Crippen molar-refractivity contribution >= 4 is 0 Å². The van der Waals surface area contributed by atoms with Gasteiger partial charge in [0.05, 0.1) is 6.42 Å². The van der Waals surface area contributed by atoms with Gasteiger partial charge in [0.1, 0.15) is 12.4 Å². The second-order valence-electron chi connectivity index (χ2n) is 6.46. The molecule has 0 amide bonds. The maximum absolute atomic E-state index is 13.1. The summed E-state index contributed by atoms with van der Waals surface area (Å²) in [5.74, 6) is 0.656. The lowest BCUT2D eigenvalue weighted by atomic mass is 10.0. The van der Waals surface area contributed by atoms with Crippen molar-refractivity contribution in [3.8, 4) is 5.75 Å². The van der Waals surface area contributed by atoms with E-state index >= 15 is 0 Å². The van der Waals surface area contributed by atoms with Crippen LogP contribution in [0.3, 0.4) is 0 Å². The van der Waals surface area contributed by atoms with Crippen LogP contribution in [0.15, 0.2) is 54.6 Å². The van der Waals surface area contributed by atoms with Crippen LogP contribution in [0.4, 0.5) is 13.2 Å². The highest BCUT2D eigenvalue weighted by molar-refractivity contribution is 5.30. The molecule has 2 aromatic carbocycles. The molecule has 0 aliphatic carbocycles. The number of rotatable bonds is 6. The minimum absolute atomic E-state index is 0.434. The second-order valence-corrected chi connectivity index (χ2v) is 6.46. The SMILES string of the molecule is FC(F)(F)C[C@H](c1ccc(OCc2ccccc2)cc1)N1CCNCC1. The molecule has 0 radical (unpaired) electrons. The van der Waals surface area contributed by atoms with E-state index in [1.165, 1.54) is 0 Å². The minimum atomic E-state index is -4.20. The van der Waals surface area contributed by atoms with Gasteiger partial charge in [0, 0.05) is 32.2 Å². The Balaban J connectivity index is 1.68. The fourth-order valence-electron chi connectivity index (χ4n) is 3.20. The van der Waals surface area contributed by atoms with Crippen molar-refractivity contribution in [1.29, 1.82) is 0 Å². The molecule has 26 heavy (non-hydrogen) atoms. The van der Waals surface area contributed by atoms with E-state index in [9.17, 15) is 13.2 Å². The predicted molar refractivity (Wildman–Crippen MR) is 95.1 cm³/mol. The van der Waals surface area contributed by atoms with Gasteiger partial charge < -0.3 is 10.1 Å². The number of ether oxygens (including phenoxy) is 1. The third kappa shape index (κ3) is 5.47. The summed E-state index contributed by atoms with van der Waals surface area (Å²) >= 11 is 0. The summed E-state index contributed by atoms with van der Waals surface area (Å²) in [5.41, 5.74) is 1.73. The first-order valence-corrected chi connectivity index (χ1v) is 8.79. The van der Waals surface area contributed by atoms with Crippen molar-refractivity contribution < 1.29 is 17.9 Å². The molecule has 0 saturated carbocycles. The van der Waals surface area contributed by atoms with Gasteiger partial charge in [-0.15, -0.1) is 0 Å². The molecule has 6 heteroatoms. The molecular formula is C20H23F3N2O. The number of halogens is 3. The van der Waals surface area contributed by atoms with Crippen LogP contribution in [-0.4, -0.2) is 37.3 Å². The number of piperazine rings is 1. The first-order chi connectivity index (χ1) is 12.5. The van der Waals surface area contributed by atoms with Gasteiger partial charge in [-0.3, -0.25) is 4.90 Å². The maximum Gasteiger partial charge on any atom is 0.390 e. The van der Waals surface area contributed by atoms with Crippen molar-refractivity contribution in [2.75, 3.05) is 26.2 Å². The van der Waals surface area contributed by atoms with E-state index in [4.69, 9.17) is 4.74 Å². The molecule has 1 fully saturated rings. The van der Waals surface area contributed by atoms with Crippen LogP contribution in [-0.2, 0) is 6.61 Å². The molecule has 0 unspecified atom stereocenters. The van der Waals surface area contributed by atoms with E-state index in [0.717, 1.165) is 5.56 Å². The zero-order valence-corrected chi connectivity index (χ0v) is 14.5. The number of nitrogens with one attached hydrogen (secondary N) is 1. The number of alkyl halides is 3. The summed E-state index contributed by atoms with van der Waals surface area (Å²) in [6.45, 7) is 3.10. The fourth-order valence-corrected chi connectivity index (χ4v) is 3.20. The van der Waals surface area contributed by atoms with E-state index in [1.54, 1.807) is 24.3 Å².